The Morgan fingerprint density at radius 3 is 2.24 bits per heavy atom. The van der Waals surface area contributed by atoms with Crippen LogP contribution in [0.1, 0.15) is 58.3 Å². The lowest BCUT2D eigenvalue weighted by Gasteiger charge is -2.26. The van der Waals surface area contributed by atoms with Crippen LogP contribution in [0.15, 0.2) is 24.3 Å². The largest absolute Gasteiger partial charge is 0.444 e. The first-order valence-electron chi connectivity index (χ1n) is 12.7. The molecule has 1 saturated heterocycles. The Labute approximate surface area is 240 Å². The Kier molecular flexibility index (Phi) is 9.34. The van der Waals surface area contributed by atoms with E-state index in [2.05, 4.69) is 10.6 Å². The van der Waals surface area contributed by atoms with Crippen molar-refractivity contribution in [3.05, 3.63) is 52.3 Å². The van der Waals surface area contributed by atoms with Gasteiger partial charge in [-0.25, -0.2) is 28.6 Å². The fourth-order valence-corrected chi connectivity index (χ4v) is 4.35. The van der Waals surface area contributed by atoms with E-state index >= 15 is 4.39 Å². The van der Waals surface area contributed by atoms with Crippen molar-refractivity contribution in [1.82, 2.24) is 10.3 Å². The molecule has 41 heavy (non-hydrogen) atoms. The lowest BCUT2D eigenvalue weighted by molar-refractivity contribution is 0.0239. The maximum absolute atomic E-state index is 15.6. The lowest BCUT2D eigenvalue weighted by Crippen LogP contribution is -2.45. The van der Waals surface area contributed by atoms with Gasteiger partial charge in [-0.15, -0.1) is 0 Å². The van der Waals surface area contributed by atoms with Crippen LogP contribution in [0.3, 0.4) is 0 Å². The number of nitrogens with one attached hydrogen (secondary N) is 2. The SMILES string of the molecule is CC(C)(C)OC(=O)NC1CCN(c2c(F)cc(C(=O)N(N)C(=O)OC(C)(C)C)c(Nc3ccc(F)cc3F)c2Cl)C1. The van der Waals surface area contributed by atoms with Crippen molar-refractivity contribution in [2.24, 2.45) is 5.84 Å². The first-order chi connectivity index (χ1) is 18.9. The average Bonchev–Trinajstić information content (AvgIpc) is 3.26. The number of hydrogen-bond donors (Lipinski definition) is 3. The van der Waals surface area contributed by atoms with Gasteiger partial charge in [-0.2, -0.15) is 5.01 Å². The molecule has 1 fully saturated rings. The minimum atomic E-state index is -1.22. The van der Waals surface area contributed by atoms with Crippen LogP contribution in [0.4, 0.5) is 39.8 Å². The zero-order valence-corrected chi connectivity index (χ0v) is 24.3. The summed E-state index contributed by atoms with van der Waals surface area (Å²) < 4.78 is 54.1. The van der Waals surface area contributed by atoms with Gasteiger partial charge in [0, 0.05) is 19.2 Å². The summed E-state index contributed by atoms with van der Waals surface area (Å²) in [6.45, 7) is 10.2. The molecule has 2 aromatic carbocycles. The van der Waals surface area contributed by atoms with Gasteiger partial charge in [-0.3, -0.25) is 4.79 Å². The number of hydrazine groups is 1. The molecule has 0 radical (unpaired) electrons. The Bertz CT molecular complexity index is 1350. The molecular weight excluding hydrogens is 567 g/mol. The van der Waals surface area contributed by atoms with Crippen LogP contribution in [-0.2, 0) is 9.47 Å². The molecule has 1 aliphatic rings. The van der Waals surface area contributed by atoms with Gasteiger partial charge >= 0.3 is 12.2 Å². The summed E-state index contributed by atoms with van der Waals surface area (Å²) >= 11 is 6.63. The zero-order valence-electron chi connectivity index (χ0n) is 23.5. The summed E-state index contributed by atoms with van der Waals surface area (Å²) in [5.41, 5.74) is -2.96. The van der Waals surface area contributed by atoms with Crippen LogP contribution in [0.25, 0.3) is 0 Å². The van der Waals surface area contributed by atoms with Gasteiger partial charge in [0.25, 0.3) is 5.91 Å². The molecule has 0 saturated carbocycles. The van der Waals surface area contributed by atoms with Gasteiger partial charge in [-0.1, -0.05) is 11.6 Å². The van der Waals surface area contributed by atoms with E-state index in [1.54, 1.807) is 41.5 Å². The quantitative estimate of drug-likeness (QED) is 0.222. The Hall–Kier alpha value is -3.71. The molecule has 224 valence electrons. The lowest BCUT2D eigenvalue weighted by atomic mass is 10.1. The molecule has 3 rings (SSSR count). The second-order valence-electron chi connectivity index (χ2n) is 11.4. The van der Waals surface area contributed by atoms with Crippen LogP contribution >= 0.6 is 11.6 Å². The minimum absolute atomic E-state index is 0.133. The summed E-state index contributed by atoms with van der Waals surface area (Å²) in [5.74, 6) is 1.68. The molecule has 0 aromatic heterocycles. The molecule has 4 N–H and O–H groups in total. The second-order valence-corrected chi connectivity index (χ2v) is 11.8. The molecule has 0 aliphatic carbocycles. The van der Waals surface area contributed by atoms with Crippen LogP contribution in [0.5, 0.6) is 0 Å². The van der Waals surface area contributed by atoms with Crippen LogP contribution in [0, 0.1) is 17.5 Å². The van der Waals surface area contributed by atoms with Crippen molar-refractivity contribution >= 4 is 46.8 Å². The second kappa shape index (κ2) is 12.0. The van der Waals surface area contributed by atoms with Crippen LogP contribution in [0.2, 0.25) is 5.02 Å². The minimum Gasteiger partial charge on any atom is -0.444 e. The van der Waals surface area contributed by atoms with E-state index in [9.17, 15) is 23.2 Å². The number of nitrogens with two attached hydrogens (primary N) is 1. The average molecular weight is 600 g/mol. The summed E-state index contributed by atoms with van der Waals surface area (Å²) in [7, 11) is 0. The summed E-state index contributed by atoms with van der Waals surface area (Å²) in [6, 6.07) is 3.01. The molecule has 10 nitrogen and oxygen atoms in total. The smallest absolute Gasteiger partial charge is 0.432 e. The number of amides is 3. The highest BCUT2D eigenvalue weighted by atomic mass is 35.5. The van der Waals surface area contributed by atoms with Gasteiger partial charge < -0.3 is 25.0 Å². The van der Waals surface area contributed by atoms with E-state index in [1.807, 2.05) is 0 Å². The third-order valence-electron chi connectivity index (χ3n) is 5.65. The number of carbonyl (C=O) groups is 3. The highest BCUT2D eigenvalue weighted by Crippen LogP contribution is 2.41. The molecule has 1 atom stereocenters. The van der Waals surface area contributed by atoms with Crippen LogP contribution in [-0.4, -0.2) is 53.4 Å². The van der Waals surface area contributed by atoms with E-state index in [0.717, 1.165) is 18.2 Å². The predicted octanol–water partition coefficient (Wildman–Crippen LogP) is 5.86. The molecular formula is C27H33ClF3N5O5. The third-order valence-corrected chi connectivity index (χ3v) is 6.02. The molecule has 1 aliphatic heterocycles. The molecule has 1 heterocycles. The number of anilines is 3. The number of nitrogens with zero attached hydrogens (tertiary/aromatic N) is 2. The topological polar surface area (TPSA) is 126 Å². The first kappa shape index (κ1) is 31.8. The third kappa shape index (κ3) is 8.17. The number of imide groups is 1. The number of carbonyl (C=O) groups excluding carboxylic acids is 3. The molecule has 0 bridgehead atoms. The predicted molar refractivity (Wildman–Crippen MR) is 148 cm³/mol. The highest BCUT2D eigenvalue weighted by molar-refractivity contribution is 6.37. The first-order valence-corrected chi connectivity index (χ1v) is 13.0. The van der Waals surface area contributed by atoms with Gasteiger partial charge in [0.05, 0.1) is 33.7 Å². The van der Waals surface area contributed by atoms with Gasteiger partial charge in [-0.05, 0) is 66.2 Å². The standard InChI is InChI=1S/C27H33ClF3N5O5/c1-26(2,3)40-24(38)33-15-9-10-35(13-15)22-18(31)12-16(23(37)36(32)25(39)41-27(4,5)6)21(20(22)28)34-19-8-7-14(29)11-17(19)30/h7-8,11-12,15,34H,9-10,13,32H2,1-6H3,(H,33,38). The zero-order chi connectivity index (χ0) is 30.9. The van der Waals surface area contributed by atoms with E-state index in [0.29, 0.717) is 12.5 Å². The monoisotopic (exact) mass is 599 g/mol. The van der Waals surface area contributed by atoms with Gasteiger partial charge in [0.2, 0.25) is 0 Å². The van der Waals surface area contributed by atoms with E-state index in [-0.39, 0.29) is 40.2 Å². The number of rotatable bonds is 5. The highest BCUT2D eigenvalue weighted by Gasteiger charge is 2.34. The van der Waals surface area contributed by atoms with Crippen molar-refractivity contribution in [3.63, 3.8) is 0 Å². The van der Waals surface area contributed by atoms with Crippen molar-refractivity contribution in [2.45, 2.75) is 65.2 Å². The molecule has 1 unspecified atom stereocenters. The number of hydrogen-bond acceptors (Lipinski definition) is 8. The van der Waals surface area contributed by atoms with Crippen molar-refractivity contribution < 1.29 is 37.0 Å². The number of benzene rings is 2. The summed E-state index contributed by atoms with van der Waals surface area (Å²) in [5, 5.41) is 5.12. The Balaban J connectivity index is 2.00. The van der Waals surface area contributed by atoms with Crippen LogP contribution < -0.4 is 21.4 Å². The molecule has 3 amide bonds. The fraction of sp³-hybridized carbons (Fsp3) is 0.444. The normalized spacial score (nSPS) is 15.4. The maximum Gasteiger partial charge on any atom is 0.432 e. The number of halogens is 4. The van der Waals surface area contributed by atoms with E-state index in [1.165, 1.54) is 4.90 Å². The molecule has 0 spiro atoms. The van der Waals surface area contributed by atoms with Gasteiger partial charge in [0.15, 0.2) is 0 Å². The molecule has 2 aromatic rings. The van der Waals surface area contributed by atoms with Gasteiger partial charge in [0.1, 0.15) is 28.7 Å². The number of ether oxygens (including phenoxy) is 2. The Morgan fingerprint density at radius 2 is 1.66 bits per heavy atom. The van der Waals surface area contributed by atoms with E-state index < -0.39 is 58.4 Å². The number of alkyl carbamates (subject to hydrolysis) is 1. The molecule has 14 heteroatoms. The van der Waals surface area contributed by atoms with Crippen molar-refractivity contribution in [3.8, 4) is 0 Å². The summed E-state index contributed by atoms with van der Waals surface area (Å²) in [6.07, 6.45) is -1.45. The fourth-order valence-electron chi connectivity index (χ4n) is 3.99. The van der Waals surface area contributed by atoms with Crippen molar-refractivity contribution in [2.75, 3.05) is 23.3 Å². The Morgan fingerprint density at radius 1 is 1.02 bits per heavy atom. The maximum atomic E-state index is 15.6. The van der Waals surface area contributed by atoms with E-state index in [4.69, 9.17) is 26.9 Å². The van der Waals surface area contributed by atoms with Crippen molar-refractivity contribution in [1.29, 1.82) is 0 Å². The summed E-state index contributed by atoms with van der Waals surface area (Å²) in [4.78, 5) is 39.5.